The summed E-state index contributed by atoms with van der Waals surface area (Å²) < 4.78 is 10.7. The predicted molar refractivity (Wildman–Crippen MR) is 123 cm³/mol. The van der Waals surface area contributed by atoms with Crippen molar-refractivity contribution in [1.29, 1.82) is 0 Å². The molecule has 33 heavy (non-hydrogen) atoms. The number of urea groups is 1. The molecule has 1 N–H and O–H groups in total. The van der Waals surface area contributed by atoms with Gasteiger partial charge in [-0.1, -0.05) is 29.3 Å². The van der Waals surface area contributed by atoms with Gasteiger partial charge in [0.15, 0.2) is 11.5 Å². The Morgan fingerprint density at radius 2 is 1.73 bits per heavy atom. The summed E-state index contributed by atoms with van der Waals surface area (Å²) in [5, 5.41) is 3.29. The average Bonchev–Trinajstić information content (AvgIpc) is 3.03. The molecule has 2 aliphatic rings. The van der Waals surface area contributed by atoms with Crippen molar-refractivity contribution in [3.8, 4) is 11.5 Å². The Morgan fingerprint density at radius 1 is 1.06 bits per heavy atom. The Hall–Kier alpha value is -2.97. The van der Waals surface area contributed by atoms with Gasteiger partial charge in [0.25, 0.3) is 5.91 Å². The molecule has 0 spiro atoms. The van der Waals surface area contributed by atoms with E-state index in [9.17, 15) is 14.4 Å². The van der Waals surface area contributed by atoms with Crippen molar-refractivity contribution in [1.82, 2.24) is 15.1 Å². The summed E-state index contributed by atoms with van der Waals surface area (Å²) in [6.45, 7) is 2.04. The van der Waals surface area contributed by atoms with Crippen LogP contribution < -0.4 is 14.8 Å². The van der Waals surface area contributed by atoms with Gasteiger partial charge >= 0.3 is 6.03 Å². The van der Waals surface area contributed by atoms with E-state index in [0.717, 1.165) is 16.0 Å². The minimum Gasteiger partial charge on any atom is -0.493 e. The smallest absolute Gasteiger partial charge is 0.325 e. The summed E-state index contributed by atoms with van der Waals surface area (Å²) in [7, 11) is 3.13. The molecule has 1 atom stereocenters. The molecular weight excluding hydrogens is 469 g/mol. The third-order valence-corrected chi connectivity index (χ3v) is 6.88. The summed E-state index contributed by atoms with van der Waals surface area (Å²) in [4.78, 5) is 41.4. The van der Waals surface area contributed by atoms with E-state index in [1.54, 1.807) is 38.2 Å². The molecule has 0 radical (unpaired) electrons. The van der Waals surface area contributed by atoms with Gasteiger partial charge in [-0.3, -0.25) is 14.5 Å². The maximum absolute atomic E-state index is 13.2. The second kappa shape index (κ2) is 8.76. The van der Waals surface area contributed by atoms with E-state index < -0.39 is 17.5 Å². The number of benzene rings is 2. The van der Waals surface area contributed by atoms with Crippen molar-refractivity contribution in [3.05, 3.63) is 57.1 Å². The van der Waals surface area contributed by atoms with Gasteiger partial charge in [0.1, 0.15) is 12.1 Å². The molecule has 0 saturated carbocycles. The van der Waals surface area contributed by atoms with Gasteiger partial charge in [0, 0.05) is 13.1 Å². The van der Waals surface area contributed by atoms with Crippen molar-refractivity contribution in [2.45, 2.75) is 25.4 Å². The molecule has 8 nitrogen and oxygen atoms in total. The molecule has 2 aromatic rings. The number of rotatable bonds is 5. The van der Waals surface area contributed by atoms with Gasteiger partial charge in [0.05, 0.1) is 24.3 Å². The Bertz CT molecular complexity index is 1160. The number of methoxy groups -OCH3 is 2. The van der Waals surface area contributed by atoms with E-state index in [1.807, 2.05) is 12.1 Å². The first-order chi connectivity index (χ1) is 15.7. The van der Waals surface area contributed by atoms with Crippen LogP contribution >= 0.6 is 23.2 Å². The van der Waals surface area contributed by atoms with E-state index in [1.165, 1.54) is 6.07 Å². The van der Waals surface area contributed by atoms with Crippen LogP contribution in [0.1, 0.15) is 23.6 Å². The maximum atomic E-state index is 13.2. The van der Waals surface area contributed by atoms with E-state index >= 15 is 0 Å². The van der Waals surface area contributed by atoms with Gasteiger partial charge in [0.2, 0.25) is 5.91 Å². The lowest BCUT2D eigenvalue weighted by molar-refractivity contribution is -0.139. The van der Waals surface area contributed by atoms with Crippen LogP contribution in [0.5, 0.6) is 11.5 Å². The molecule has 1 saturated heterocycles. The van der Waals surface area contributed by atoms with E-state index in [2.05, 4.69) is 5.32 Å². The molecule has 4 rings (SSSR count). The lowest BCUT2D eigenvalue weighted by Crippen LogP contribution is -2.45. The lowest BCUT2D eigenvalue weighted by Gasteiger charge is -2.30. The quantitative estimate of drug-likeness (QED) is 0.647. The molecule has 10 heteroatoms. The van der Waals surface area contributed by atoms with Crippen LogP contribution in [0.25, 0.3) is 0 Å². The van der Waals surface area contributed by atoms with Crippen LogP contribution in [0.4, 0.5) is 4.79 Å². The van der Waals surface area contributed by atoms with Gasteiger partial charge in [-0.2, -0.15) is 0 Å². The normalized spacial score (nSPS) is 19.9. The van der Waals surface area contributed by atoms with Crippen LogP contribution in [0.15, 0.2) is 30.3 Å². The molecule has 4 amide bonds. The molecule has 0 aromatic heterocycles. The van der Waals surface area contributed by atoms with Crippen molar-refractivity contribution < 1.29 is 23.9 Å². The van der Waals surface area contributed by atoms with Crippen LogP contribution in [0.3, 0.4) is 0 Å². The highest BCUT2D eigenvalue weighted by Crippen LogP contribution is 2.35. The number of hydrogen-bond donors (Lipinski definition) is 1. The fourth-order valence-corrected chi connectivity index (χ4v) is 4.47. The first-order valence-corrected chi connectivity index (χ1v) is 11.0. The van der Waals surface area contributed by atoms with Gasteiger partial charge < -0.3 is 19.7 Å². The van der Waals surface area contributed by atoms with Crippen molar-refractivity contribution in [2.75, 3.05) is 27.3 Å². The highest BCUT2D eigenvalue weighted by Gasteiger charge is 2.50. The number of hydrogen-bond acceptors (Lipinski definition) is 5. The molecule has 2 aliphatic heterocycles. The monoisotopic (exact) mass is 491 g/mol. The van der Waals surface area contributed by atoms with Crippen molar-refractivity contribution in [2.24, 2.45) is 0 Å². The van der Waals surface area contributed by atoms with E-state index in [0.29, 0.717) is 41.6 Å². The number of imide groups is 1. The lowest BCUT2D eigenvalue weighted by atomic mass is 9.92. The van der Waals surface area contributed by atoms with E-state index in [-0.39, 0.29) is 17.5 Å². The Balaban J connectivity index is 1.50. The molecule has 2 heterocycles. The van der Waals surface area contributed by atoms with Crippen molar-refractivity contribution >= 4 is 41.0 Å². The van der Waals surface area contributed by atoms with Crippen LogP contribution in [0, 0.1) is 0 Å². The SMILES string of the molecule is COc1cc2c(cc1OC)CN(C(=O)CN1C(=O)NC(C)(c3ccc(Cl)c(Cl)c3)C1=O)CC2. The fourth-order valence-electron chi connectivity index (χ4n) is 4.17. The Kier molecular flexibility index (Phi) is 6.16. The summed E-state index contributed by atoms with van der Waals surface area (Å²) in [6, 6.07) is 7.86. The summed E-state index contributed by atoms with van der Waals surface area (Å²) in [5.41, 5.74) is 1.14. The number of ether oxygens (including phenoxy) is 2. The molecule has 0 bridgehead atoms. The van der Waals surface area contributed by atoms with Crippen LogP contribution in [-0.2, 0) is 28.1 Å². The number of carbonyl (C=O) groups is 3. The number of nitrogens with one attached hydrogen (secondary N) is 1. The number of halogens is 2. The Morgan fingerprint density at radius 3 is 2.36 bits per heavy atom. The fraction of sp³-hybridized carbons (Fsp3) is 0.348. The maximum Gasteiger partial charge on any atom is 0.325 e. The highest BCUT2D eigenvalue weighted by molar-refractivity contribution is 6.42. The second-order valence-electron chi connectivity index (χ2n) is 8.12. The van der Waals surface area contributed by atoms with Crippen LogP contribution in [0.2, 0.25) is 10.0 Å². The summed E-state index contributed by atoms with van der Waals surface area (Å²) in [6.07, 6.45) is 0.628. The summed E-state index contributed by atoms with van der Waals surface area (Å²) in [5.74, 6) is 0.370. The molecule has 1 unspecified atom stereocenters. The number of nitrogens with zero attached hydrogens (tertiary/aromatic N) is 2. The minimum absolute atomic E-state index is 0.269. The summed E-state index contributed by atoms with van der Waals surface area (Å²) >= 11 is 12.1. The standard InChI is InChI=1S/C23H23Cl2N3O5/c1-23(15-4-5-16(24)17(25)10-15)21(30)28(22(31)26-23)12-20(29)27-7-6-13-8-18(32-2)19(33-3)9-14(13)11-27/h4-5,8-10H,6-7,11-12H2,1-3H3,(H,26,31). The zero-order valence-corrected chi connectivity index (χ0v) is 19.9. The molecule has 1 fully saturated rings. The molecular formula is C23H23Cl2N3O5. The van der Waals surface area contributed by atoms with Gasteiger partial charge in [-0.05, 0) is 54.3 Å². The highest BCUT2D eigenvalue weighted by atomic mass is 35.5. The van der Waals surface area contributed by atoms with Gasteiger partial charge in [-0.25, -0.2) is 4.79 Å². The zero-order valence-electron chi connectivity index (χ0n) is 18.4. The number of carbonyl (C=O) groups excluding carboxylic acids is 3. The van der Waals surface area contributed by atoms with Gasteiger partial charge in [-0.15, -0.1) is 0 Å². The molecule has 2 aromatic carbocycles. The largest absolute Gasteiger partial charge is 0.493 e. The first-order valence-electron chi connectivity index (χ1n) is 10.3. The molecule has 0 aliphatic carbocycles. The second-order valence-corrected chi connectivity index (χ2v) is 8.93. The minimum atomic E-state index is -1.34. The van der Waals surface area contributed by atoms with Crippen molar-refractivity contribution in [3.63, 3.8) is 0 Å². The topological polar surface area (TPSA) is 88.2 Å². The predicted octanol–water partition coefficient (Wildman–Crippen LogP) is 3.36. The third-order valence-electron chi connectivity index (χ3n) is 6.14. The molecule has 174 valence electrons. The van der Waals surface area contributed by atoms with E-state index in [4.69, 9.17) is 32.7 Å². The average molecular weight is 492 g/mol. The zero-order chi connectivity index (χ0) is 23.9. The number of amides is 4. The number of fused-ring (bicyclic) bond motifs is 1. The third kappa shape index (κ3) is 4.09. The first kappa shape index (κ1) is 23.2. The Labute approximate surface area is 201 Å². The van der Waals surface area contributed by atoms with Crippen LogP contribution in [-0.4, -0.2) is 55.0 Å².